The minimum atomic E-state index is 0.00414. The highest BCUT2D eigenvalue weighted by Gasteiger charge is 2.04. The normalized spacial score (nSPS) is 11.1. The van der Waals surface area contributed by atoms with Crippen molar-refractivity contribution in [2.45, 2.75) is 6.42 Å². The van der Waals surface area contributed by atoms with Crippen LogP contribution in [0.25, 0.3) is 5.57 Å². The lowest BCUT2D eigenvalue weighted by Gasteiger charge is -2.08. The summed E-state index contributed by atoms with van der Waals surface area (Å²) in [6.45, 7) is 0.00414. The lowest BCUT2D eigenvalue weighted by molar-refractivity contribution is 0.343. The van der Waals surface area contributed by atoms with Crippen molar-refractivity contribution < 1.29 is 5.11 Å². The number of aliphatic hydroxyl groups excluding tert-OH is 1. The molecule has 2 nitrogen and oxygen atoms in total. The van der Waals surface area contributed by atoms with Crippen LogP contribution in [0.1, 0.15) is 16.7 Å². The van der Waals surface area contributed by atoms with Crippen molar-refractivity contribution in [2.24, 2.45) is 0 Å². The molecule has 0 heterocycles. The van der Waals surface area contributed by atoms with Gasteiger partial charge in [-0.15, -0.1) is 0 Å². The molecule has 0 atom stereocenters. The van der Waals surface area contributed by atoms with E-state index in [1.165, 1.54) is 0 Å². The zero-order valence-corrected chi connectivity index (χ0v) is 10.6. The summed E-state index contributed by atoms with van der Waals surface area (Å²) < 4.78 is 0. The molecule has 0 unspecified atom stereocenters. The summed E-state index contributed by atoms with van der Waals surface area (Å²) in [4.78, 5) is 0. The molecule has 0 fully saturated rings. The SMILES string of the molecule is N#CCc1ccc(/C(=C/CO)c2ccccc2)cc1. The Balaban J connectivity index is 2.36. The van der Waals surface area contributed by atoms with E-state index in [2.05, 4.69) is 6.07 Å². The van der Waals surface area contributed by atoms with Crippen molar-refractivity contribution in [2.75, 3.05) is 6.61 Å². The third kappa shape index (κ3) is 3.31. The molecule has 0 aliphatic heterocycles. The predicted octanol–water partition coefficient (Wildman–Crippen LogP) is 3.18. The molecule has 0 aliphatic carbocycles. The zero-order chi connectivity index (χ0) is 13.5. The van der Waals surface area contributed by atoms with Crippen LogP contribution in [-0.2, 0) is 6.42 Å². The minimum Gasteiger partial charge on any atom is -0.392 e. The van der Waals surface area contributed by atoms with Crippen molar-refractivity contribution in [3.05, 3.63) is 77.4 Å². The Morgan fingerprint density at radius 3 is 2.21 bits per heavy atom. The maximum atomic E-state index is 9.18. The fourth-order valence-corrected chi connectivity index (χ4v) is 2.00. The third-order valence-corrected chi connectivity index (χ3v) is 2.93. The Kier molecular flexibility index (Phi) is 4.49. The minimum absolute atomic E-state index is 0.00414. The van der Waals surface area contributed by atoms with E-state index < -0.39 is 0 Å². The zero-order valence-electron chi connectivity index (χ0n) is 10.6. The van der Waals surface area contributed by atoms with Gasteiger partial charge in [0.25, 0.3) is 0 Å². The second-order valence-corrected chi connectivity index (χ2v) is 4.20. The van der Waals surface area contributed by atoms with Gasteiger partial charge in [0, 0.05) is 0 Å². The molecule has 0 radical (unpaired) electrons. The first kappa shape index (κ1) is 13.1. The summed E-state index contributed by atoms with van der Waals surface area (Å²) in [5.74, 6) is 0. The highest BCUT2D eigenvalue weighted by atomic mass is 16.2. The van der Waals surface area contributed by atoms with Gasteiger partial charge in [0.2, 0.25) is 0 Å². The van der Waals surface area contributed by atoms with E-state index in [-0.39, 0.29) is 6.61 Å². The Morgan fingerprint density at radius 2 is 1.63 bits per heavy atom. The first-order valence-corrected chi connectivity index (χ1v) is 6.18. The van der Waals surface area contributed by atoms with Gasteiger partial charge in [-0.25, -0.2) is 0 Å². The molecule has 2 rings (SSSR count). The van der Waals surface area contributed by atoms with Crippen LogP contribution in [-0.4, -0.2) is 11.7 Å². The van der Waals surface area contributed by atoms with Crippen LogP contribution in [0.2, 0.25) is 0 Å². The van der Waals surface area contributed by atoms with Gasteiger partial charge in [-0.3, -0.25) is 0 Å². The highest BCUT2D eigenvalue weighted by Crippen LogP contribution is 2.23. The molecule has 0 aliphatic rings. The smallest absolute Gasteiger partial charge is 0.0669 e. The third-order valence-electron chi connectivity index (χ3n) is 2.93. The van der Waals surface area contributed by atoms with Gasteiger partial charge in [0.1, 0.15) is 0 Å². The number of hydrogen-bond donors (Lipinski definition) is 1. The Hall–Kier alpha value is -2.37. The largest absolute Gasteiger partial charge is 0.392 e. The van der Waals surface area contributed by atoms with E-state index in [1.807, 2.05) is 54.6 Å². The molecule has 1 N–H and O–H groups in total. The van der Waals surface area contributed by atoms with E-state index in [9.17, 15) is 5.11 Å². The number of nitriles is 1. The molecule has 0 saturated carbocycles. The molecule has 0 bridgehead atoms. The maximum Gasteiger partial charge on any atom is 0.0669 e. The van der Waals surface area contributed by atoms with E-state index in [4.69, 9.17) is 5.26 Å². The monoisotopic (exact) mass is 249 g/mol. The van der Waals surface area contributed by atoms with Crippen molar-refractivity contribution in [3.63, 3.8) is 0 Å². The second-order valence-electron chi connectivity index (χ2n) is 4.20. The quantitative estimate of drug-likeness (QED) is 0.904. The first-order valence-electron chi connectivity index (χ1n) is 6.18. The van der Waals surface area contributed by atoms with E-state index >= 15 is 0 Å². The lowest BCUT2D eigenvalue weighted by atomic mass is 9.96. The summed E-state index contributed by atoms with van der Waals surface area (Å²) >= 11 is 0. The van der Waals surface area contributed by atoms with Crippen molar-refractivity contribution >= 4 is 5.57 Å². The van der Waals surface area contributed by atoms with Crippen LogP contribution in [0.4, 0.5) is 0 Å². The van der Waals surface area contributed by atoms with Gasteiger partial charge < -0.3 is 5.11 Å². The van der Waals surface area contributed by atoms with Gasteiger partial charge in [-0.1, -0.05) is 60.7 Å². The van der Waals surface area contributed by atoms with E-state index in [1.54, 1.807) is 6.08 Å². The molecule has 2 aromatic carbocycles. The summed E-state index contributed by atoms with van der Waals surface area (Å²) in [6, 6.07) is 20.0. The number of nitrogens with zero attached hydrogens (tertiary/aromatic N) is 1. The van der Waals surface area contributed by atoms with Gasteiger partial charge in [0.05, 0.1) is 19.1 Å². The number of benzene rings is 2. The molecule has 19 heavy (non-hydrogen) atoms. The van der Waals surface area contributed by atoms with E-state index in [0.717, 1.165) is 22.3 Å². The predicted molar refractivity (Wildman–Crippen MR) is 76.4 cm³/mol. The van der Waals surface area contributed by atoms with Gasteiger partial charge in [0.15, 0.2) is 0 Å². The van der Waals surface area contributed by atoms with E-state index in [0.29, 0.717) is 6.42 Å². The second kappa shape index (κ2) is 6.53. The summed E-state index contributed by atoms with van der Waals surface area (Å²) in [5, 5.41) is 17.8. The highest BCUT2D eigenvalue weighted by molar-refractivity contribution is 5.79. The summed E-state index contributed by atoms with van der Waals surface area (Å²) in [7, 11) is 0. The van der Waals surface area contributed by atoms with Crippen LogP contribution in [0.5, 0.6) is 0 Å². The van der Waals surface area contributed by atoms with Crippen LogP contribution >= 0.6 is 0 Å². The molecule has 0 aromatic heterocycles. The van der Waals surface area contributed by atoms with Gasteiger partial charge in [-0.05, 0) is 22.3 Å². The van der Waals surface area contributed by atoms with Gasteiger partial charge >= 0.3 is 0 Å². The van der Waals surface area contributed by atoms with Crippen LogP contribution in [0, 0.1) is 11.3 Å². The van der Waals surface area contributed by atoms with Crippen molar-refractivity contribution in [3.8, 4) is 6.07 Å². The molecule has 0 amide bonds. The maximum absolute atomic E-state index is 9.18. The Bertz CT molecular complexity index is 591. The molecular weight excluding hydrogens is 234 g/mol. The standard InChI is InChI=1S/C17H15NO/c18-12-10-14-6-8-16(9-7-14)17(11-13-19)15-4-2-1-3-5-15/h1-9,11,19H,10,13H2/b17-11+. The number of hydrogen-bond acceptors (Lipinski definition) is 2. The molecule has 0 saturated heterocycles. The topological polar surface area (TPSA) is 44.0 Å². The fraction of sp³-hybridized carbons (Fsp3) is 0.118. The van der Waals surface area contributed by atoms with Crippen molar-refractivity contribution in [1.82, 2.24) is 0 Å². The van der Waals surface area contributed by atoms with Crippen LogP contribution in [0.15, 0.2) is 60.7 Å². The number of aliphatic hydroxyl groups is 1. The summed E-state index contributed by atoms with van der Waals surface area (Å²) in [5.41, 5.74) is 4.13. The molecule has 0 spiro atoms. The Labute approximate surface area is 113 Å². The first-order chi connectivity index (χ1) is 9.35. The fourth-order valence-electron chi connectivity index (χ4n) is 2.00. The molecule has 2 heteroatoms. The summed E-state index contributed by atoms with van der Waals surface area (Å²) in [6.07, 6.45) is 2.22. The Morgan fingerprint density at radius 1 is 1.00 bits per heavy atom. The lowest BCUT2D eigenvalue weighted by Crippen LogP contribution is -1.91. The molecular formula is C17H15NO. The number of rotatable bonds is 4. The van der Waals surface area contributed by atoms with Gasteiger partial charge in [-0.2, -0.15) is 5.26 Å². The van der Waals surface area contributed by atoms with Crippen molar-refractivity contribution in [1.29, 1.82) is 5.26 Å². The van der Waals surface area contributed by atoms with Crippen LogP contribution in [0.3, 0.4) is 0 Å². The molecule has 94 valence electrons. The molecule has 2 aromatic rings. The average molecular weight is 249 g/mol. The average Bonchev–Trinajstić information content (AvgIpc) is 2.47. The van der Waals surface area contributed by atoms with Crippen LogP contribution < -0.4 is 0 Å².